The summed E-state index contributed by atoms with van der Waals surface area (Å²) >= 11 is 0. The zero-order valence-electron chi connectivity index (χ0n) is 10.9. The number of benzene rings is 1. The lowest BCUT2D eigenvalue weighted by molar-refractivity contribution is 0.341. The highest BCUT2D eigenvalue weighted by Gasteiger charge is 2.17. The van der Waals surface area contributed by atoms with Crippen LogP contribution in [-0.4, -0.2) is 22.9 Å². The molecule has 2 rings (SSSR count). The Bertz CT molecular complexity index is 473. The Balaban J connectivity index is 2.34. The summed E-state index contributed by atoms with van der Waals surface area (Å²) in [6.45, 7) is 8.61. The molecule has 17 heavy (non-hydrogen) atoms. The van der Waals surface area contributed by atoms with Crippen molar-refractivity contribution < 1.29 is 0 Å². The van der Waals surface area contributed by atoms with Gasteiger partial charge in [0, 0.05) is 11.9 Å². The summed E-state index contributed by atoms with van der Waals surface area (Å²) in [5, 5.41) is 9.19. The normalized spacial score (nSPS) is 13.4. The summed E-state index contributed by atoms with van der Waals surface area (Å²) in [4.78, 5) is 0. The predicted molar refractivity (Wildman–Crippen MR) is 72.2 cm³/mol. The van der Waals surface area contributed by atoms with Gasteiger partial charge in [0.05, 0.1) is 17.8 Å². The molecule has 1 N–H and O–H groups in total. The van der Waals surface area contributed by atoms with Gasteiger partial charge in [-0.1, -0.05) is 39.0 Å². The third kappa shape index (κ3) is 2.50. The highest BCUT2D eigenvalue weighted by atomic mass is 15.3. The standard InChI is InChI=1S/C14H21N3/c1-4-15-10-14(11(2)3)17-13-8-6-5-7-12(13)9-16-17/h5-9,11,14-15H,4,10H2,1-3H3. The minimum Gasteiger partial charge on any atom is -0.315 e. The van der Waals surface area contributed by atoms with Crippen LogP contribution in [0.2, 0.25) is 0 Å². The number of nitrogens with zero attached hydrogens (tertiary/aromatic N) is 2. The summed E-state index contributed by atoms with van der Waals surface area (Å²) in [5.74, 6) is 0.567. The fourth-order valence-corrected chi connectivity index (χ4v) is 2.15. The quantitative estimate of drug-likeness (QED) is 0.857. The Morgan fingerprint density at radius 1 is 1.29 bits per heavy atom. The van der Waals surface area contributed by atoms with Crippen molar-refractivity contribution in [3.05, 3.63) is 30.5 Å². The first kappa shape index (κ1) is 12.1. The molecule has 1 atom stereocenters. The first-order valence-corrected chi connectivity index (χ1v) is 6.37. The van der Waals surface area contributed by atoms with Crippen LogP contribution in [0.4, 0.5) is 0 Å². The van der Waals surface area contributed by atoms with Gasteiger partial charge in [-0.05, 0) is 18.5 Å². The molecule has 1 aromatic heterocycles. The van der Waals surface area contributed by atoms with Crippen molar-refractivity contribution >= 4 is 10.9 Å². The Morgan fingerprint density at radius 2 is 2.06 bits per heavy atom. The largest absolute Gasteiger partial charge is 0.315 e. The molecule has 0 bridgehead atoms. The van der Waals surface area contributed by atoms with E-state index in [2.05, 4.69) is 60.1 Å². The number of aromatic nitrogens is 2. The fraction of sp³-hybridized carbons (Fsp3) is 0.500. The first-order valence-electron chi connectivity index (χ1n) is 6.37. The SMILES string of the molecule is CCNCC(C(C)C)n1ncc2ccccc21. The van der Waals surface area contributed by atoms with Gasteiger partial charge in [0.2, 0.25) is 0 Å². The van der Waals surface area contributed by atoms with Crippen LogP contribution in [0.3, 0.4) is 0 Å². The summed E-state index contributed by atoms with van der Waals surface area (Å²) in [5.41, 5.74) is 1.23. The molecule has 1 aromatic carbocycles. The molecule has 3 nitrogen and oxygen atoms in total. The van der Waals surface area contributed by atoms with Crippen LogP contribution < -0.4 is 5.32 Å². The molecule has 3 heteroatoms. The zero-order valence-corrected chi connectivity index (χ0v) is 10.9. The number of para-hydroxylation sites is 1. The van der Waals surface area contributed by atoms with E-state index in [0.29, 0.717) is 12.0 Å². The molecule has 0 saturated heterocycles. The molecule has 0 saturated carbocycles. The van der Waals surface area contributed by atoms with Crippen molar-refractivity contribution in [2.24, 2.45) is 5.92 Å². The second-order valence-corrected chi connectivity index (χ2v) is 4.77. The van der Waals surface area contributed by atoms with Gasteiger partial charge in [0.15, 0.2) is 0 Å². The maximum Gasteiger partial charge on any atom is 0.0686 e. The average molecular weight is 231 g/mol. The van der Waals surface area contributed by atoms with Crippen LogP contribution in [0, 0.1) is 5.92 Å². The Morgan fingerprint density at radius 3 is 2.76 bits per heavy atom. The molecule has 0 spiro atoms. The molecule has 0 radical (unpaired) electrons. The summed E-state index contributed by atoms with van der Waals surface area (Å²) in [7, 11) is 0. The maximum absolute atomic E-state index is 4.55. The molecule has 1 heterocycles. The third-order valence-electron chi connectivity index (χ3n) is 3.19. The molecular formula is C14H21N3. The molecule has 0 aliphatic heterocycles. The second kappa shape index (κ2) is 5.32. The van der Waals surface area contributed by atoms with Crippen LogP contribution in [0.1, 0.15) is 26.8 Å². The lowest BCUT2D eigenvalue weighted by atomic mass is 10.0. The fourth-order valence-electron chi connectivity index (χ4n) is 2.15. The van der Waals surface area contributed by atoms with E-state index >= 15 is 0 Å². The zero-order chi connectivity index (χ0) is 12.3. The second-order valence-electron chi connectivity index (χ2n) is 4.77. The molecule has 1 unspecified atom stereocenters. The van der Waals surface area contributed by atoms with Crippen molar-refractivity contribution in [3.8, 4) is 0 Å². The van der Waals surface area contributed by atoms with E-state index in [4.69, 9.17) is 0 Å². The first-order chi connectivity index (χ1) is 8.24. The van der Waals surface area contributed by atoms with Gasteiger partial charge in [0.1, 0.15) is 0 Å². The maximum atomic E-state index is 4.55. The van der Waals surface area contributed by atoms with Gasteiger partial charge in [-0.3, -0.25) is 4.68 Å². The van der Waals surface area contributed by atoms with Crippen molar-refractivity contribution in [1.29, 1.82) is 0 Å². The Labute approximate surface area is 103 Å². The molecule has 0 aliphatic rings. The number of nitrogens with one attached hydrogen (secondary N) is 1. The van der Waals surface area contributed by atoms with Gasteiger partial charge in [-0.2, -0.15) is 5.10 Å². The van der Waals surface area contributed by atoms with E-state index in [9.17, 15) is 0 Å². The monoisotopic (exact) mass is 231 g/mol. The highest BCUT2D eigenvalue weighted by molar-refractivity contribution is 5.78. The number of hydrogen-bond donors (Lipinski definition) is 1. The van der Waals surface area contributed by atoms with Crippen molar-refractivity contribution in [2.45, 2.75) is 26.8 Å². The van der Waals surface area contributed by atoms with E-state index in [1.54, 1.807) is 0 Å². The third-order valence-corrected chi connectivity index (χ3v) is 3.19. The van der Waals surface area contributed by atoms with Crippen LogP contribution in [0.25, 0.3) is 10.9 Å². The smallest absolute Gasteiger partial charge is 0.0686 e. The highest BCUT2D eigenvalue weighted by Crippen LogP contribution is 2.22. The van der Waals surface area contributed by atoms with Crippen molar-refractivity contribution in [1.82, 2.24) is 15.1 Å². The summed E-state index contributed by atoms with van der Waals surface area (Å²) < 4.78 is 2.16. The van der Waals surface area contributed by atoms with Crippen molar-refractivity contribution in [3.63, 3.8) is 0 Å². The topological polar surface area (TPSA) is 29.9 Å². The molecule has 0 aliphatic carbocycles. The van der Waals surface area contributed by atoms with Gasteiger partial charge in [-0.15, -0.1) is 0 Å². The molecule has 0 fully saturated rings. The molecule has 92 valence electrons. The van der Waals surface area contributed by atoms with E-state index in [1.807, 2.05) is 6.20 Å². The van der Waals surface area contributed by atoms with Gasteiger partial charge in [0.25, 0.3) is 0 Å². The molecule has 2 aromatic rings. The van der Waals surface area contributed by atoms with Crippen LogP contribution >= 0.6 is 0 Å². The van der Waals surface area contributed by atoms with E-state index in [0.717, 1.165) is 13.1 Å². The minimum atomic E-state index is 0.412. The Hall–Kier alpha value is -1.35. The van der Waals surface area contributed by atoms with Crippen molar-refractivity contribution in [2.75, 3.05) is 13.1 Å². The lowest BCUT2D eigenvalue weighted by Gasteiger charge is -2.22. The molecule has 0 amide bonds. The van der Waals surface area contributed by atoms with E-state index in [-0.39, 0.29) is 0 Å². The van der Waals surface area contributed by atoms with Crippen LogP contribution in [0.15, 0.2) is 30.5 Å². The van der Waals surface area contributed by atoms with Crippen LogP contribution in [0.5, 0.6) is 0 Å². The van der Waals surface area contributed by atoms with Gasteiger partial charge in [-0.25, -0.2) is 0 Å². The minimum absolute atomic E-state index is 0.412. The lowest BCUT2D eigenvalue weighted by Crippen LogP contribution is -2.29. The number of likely N-dealkylation sites (N-methyl/N-ethyl adjacent to an activating group) is 1. The van der Waals surface area contributed by atoms with E-state index in [1.165, 1.54) is 10.9 Å². The van der Waals surface area contributed by atoms with Gasteiger partial charge >= 0.3 is 0 Å². The summed E-state index contributed by atoms with van der Waals surface area (Å²) in [6, 6.07) is 8.80. The number of fused-ring (bicyclic) bond motifs is 1. The Kier molecular flexibility index (Phi) is 3.79. The predicted octanol–water partition coefficient (Wildman–Crippen LogP) is 2.84. The van der Waals surface area contributed by atoms with E-state index < -0.39 is 0 Å². The van der Waals surface area contributed by atoms with Gasteiger partial charge < -0.3 is 5.32 Å². The number of hydrogen-bond acceptors (Lipinski definition) is 2. The summed E-state index contributed by atoms with van der Waals surface area (Å²) in [6.07, 6.45) is 1.96. The average Bonchev–Trinajstić information content (AvgIpc) is 2.73. The van der Waals surface area contributed by atoms with Crippen LogP contribution in [-0.2, 0) is 0 Å². The number of rotatable bonds is 5. The molecular weight excluding hydrogens is 210 g/mol.